The fourth-order valence-corrected chi connectivity index (χ4v) is 4.61. The Balaban J connectivity index is 1.70. The molecule has 1 aliphatic heterocycles. The number of aromatic nitrogens is 1. The molecule has 1 aromatic carbocycles. The molecule has 0 bridgehead atoms. The Bertz CT molecular complexity index is 1050. The fourth-order valence-electron chi connectivity index (χ4n) is 4.49. The second kappa shape index (κ2) is 8.11. The van der Waals surface area contributed by atoms with Crippen molar-refractivity contribution in [2.24, 2.45) is 0 Å². The maximum atomic E-state index is 13.1. The molecule has 1 aromatic heterocycles. The van der Waals surface area contributed by atoms with E-state index in [0.717, 1.165) is 34.7 Å². The van der Waals surface area contributed by atoms with Crippen molar-refractivity contribution in [2.75, 3.05) is 4.90 Å². The third-order valence-corrected chi connectivity index (χ3v) is 6.20. The Labute approximate surface area is 180 Å². The lowest BCUT2D eigenvalue weighted by Gasteiger charge is -2.27. The smallest absolute Gasteiger partial charge is 0.335 e. The number of barbiturate groups is 1. The van der Waals surface area contributed by atoms with E-state index in [0.29, 0.717) is 16.8 Å². The Morgan fingerprint density at radius 1 is 1.03 bits per heavy atom. The predicted molar refractivity (Wildman–Crippen MR) is 116 cm³/mol. The summed E-state index contributed by atoms with van der Waals surface area (Å²) < 4.78 is 2.32. The van der Waals surface area contributed by atoms with Crippen LogP contribution in [0.5, 0.6) is 0 Å². The van der Waals surface area contributed by atoms with Gasteiger partial charge in [0.05, 0.1) is 5.69 Å². The average Bonchev–Trinajstić information content (AvgIpc) is 3.00. The normalized spacial score (nSPS) is 19.5. The molecule has 30 heavy (non-hydrogen) atoms. The van der Waals surface area contributed by atoms with Gasteiger partial charge in [-0.1, -0.05) is 30.9 Å². The van der Waals surface area contributed by atoms with Gasteiger partial charge < -0.3 is 4.57 Å². The molecule has 0 atom stereocenters. The van der Waals surface area contributed by atoms with Gasteiger partial charge in [0, 0.05) is 22.5 Å². The lowest BCUT2D eigenvalue weighted by atomic mass is 9.95. The van der Waals surface area contributed by atoms with Crippen molar-refractivity contribution in [2.45, 2.75) is 52.0 Å². The first kappa shape index (κ1) is 20.4. The Hall–Kier alpha value is -2.86. The molecule has 2 aliphatic rings. The van der Waals surface area contributed by atoms with Crippen molar-refractivity contribution in [3.05, 3.63) is 57.9 Å². The molecule has 0 spiro atoms. The standard InChI is InChI=1S/C23H24ClN3O3/c1-14-12-16(15(2)26(14)18-6-4-3-5-7-18)13-20-21(28)25-23(30)27(22(20)29)19-10-8-17(24)9-11-19/h8-13,18H,3-7H2,1-2H3,(H,25,28,30)/b20-13+. The molecule has 4 amide bonds. The summed E-state index contributed by atoms with van der Waals surface area (Å²) in [4.78, 5) is 38.9. The Morgan fingerprint density at radius 3 is 2.37 bits per heavy atom. The van der Waals surface area contributed by atoms with E-state index >= 15 is 0 Å². The molecule has 1 saturated carbocycles. The highest BCUT2D eigenvalue weighted by molar-refractivity contribution is 6.39. The van der Waals surface area contributed by atoms with Crippen molar-refractivity contribution < 1.29 is 14.4 Å². The van der Waals surface area contributed by atoms with Crippen LogP contribution in [0.1, 0.15) is 55.1 Å². The molecule has 2 fully saturated rings. The van der Waals surface area contributed by atoms with Crippen LogP contribution in [0.15, 0.2) is 35.9 Å². The van der Waals surface area contributed by atoms with Crippen molar-refractivity contribution in [1.29, 1.82) is 0 Å². The summed E-state index contributed by atoms with van der Waals surface area (Å²) in [5.41, 5.74) is 3.26. The van der Waals surface area contributed by atoms with Crippen molar-refractivity contribution in [3.63, 3.8) is 0 Å². The molecule has 156 valence electrons. The molecule has 1 saturated heterocycles. The fraction of sp³-hybridized carbons (Fsp3) is 0.348. The molecular weight excluding hydrogens is 402 g/mol. The van der Waals surface area contributed by atoms with E-state index in [1.54, 1.807) is 30.3 Å². The Kier molecular flexibility index (Phi) is 5.52. The summed E-state index contributed by atoms with van der Waals surface area (Å²) in [6.45, 7) is 4.07. The van der Waals surface area contributed by atoms with Crippen LogP contribution in [0.4, 0.5) is 10.5 Å². The van der Waals surface area contributed by atoms with Crippen molar-refractivity contribution >= 4 is 41.2 Å². The van der Waals surface area contributed by atoms with E-state index in [2.05, 4.69) is 16.8 Å². The van der Waals surface area contributed by atoms with Crippen LogP contribution in [-0.4, -0.2) is 22.4 Å². The van der Waals surface area contributed by atoms with Gasteiger partial charge in [-0.25, -0.2) is 9.69 Å². The van der Waals surface area contributed by atoms with Gasteiger partial charge in [-0.2, -0.15) is 0 Å². The highest BCUT2D eigenvalue weighted by Crippen LogP contribution is 2.33. The summed E-state index contributed by atoms with van der Waals surface area (Å²) in [5.74, 6) is -1.33. The Morgan fingerprint density at radius 2 is 1.70 bits per heavy atom. The number of amides is 4. The summed E-state index contributed by atoms with van der Waals surface area (Å²) in [5, 5.41) is 2.76. The number of hydrogen-bond donors (Lipinski definition) is 1. The van der Waals surface area contributed by atoms with Gasteiger partial charge in [0.1, 0.15) is 5.57 Å². The zero-order chi connectivity index (χ0) is 21.4. The van der Waals surface area contributed by atoms with E-state index in [1.807, 2.05) is 13.0 Å². The van der Waals surface area contributed by atoms with Gasteiger partial charge in [-0.05, 0) is 68.7 Å². The van der Waals surface area contributed by atoms with Crippen LogP contribution >= 0.6 is 11.6 Å². The SMILES string of the molecule is Cc1cc(/C=C2\C(=O)NC(=O)N(c3ccc(Cl)cc3)C2=O)c(C)n1C1CCCCC1. The van der Waals surface area contributed by atoms with Crippen LogP contribution in [0, 0.1) is 13.8 Å². The van der Waals surface area contributed by atoms with E-state index in [1.165, 1.54) is 19.3 Å². The summed E-state index contributed by atoms with van der Waals surface area (Å²) in [6, 6.07) is 8.01. The minimum absolute atomic E-state index is 0.0616. The third-order valence-electron chi connectivity index (χ3n) is 5.95. The van der Waals surface area contributed by atoms with E-state index in [4.69, 9.17) is 11.6 Å². The van der Waals surface area contributed by atoms with Crippen LogP contribution in [0.25, 0.3) is 6.08 Å². The van der Waals surface area contributed by atoms with Gasteiger partial charge in [0.25, 0.3) is 11.8 Å². The number of benzene rings is 1. The molecule has 7 heteroatoms. The molecule has 6 nitrogen and oxygen atoms in total. The second-order valence-electron chi connectivity index (χ2n) is 7.92. The minimum Gasteiger partial charge on any atom is -0.346 e. The zero-order valence-electron chi connectivity index (χ0n) is 17.1. The summed E-state index contributed by atoms with van der Waals surface area (Å²) in [6.07, 6.45) is 7.59. The molecule has 2 aromatic rings. The number of rotatable bonds is 3. The molecule has 4 rings (SSSR count). The lowest BCUT2D eigenvalue weighted by Crippen LogP contribution is -2.54. The number of nitrogens with zero attached hydrogens (tertiary/aromatic N) is 2. The molecular formula is C23H24ClN3O3. The highest BCUT2D eigenvalue weighted by Gasteiger charge is 2.37. The van der Waals surface area contributed by atoms with Crippen LogP contribution in [0.2, 0.25) is 5.02 Å². The number of urea groups is 1. The van der Waals surface area contributed by atoms with Crippen LogP contribution < -0.4 is 10.2 Å². The summed E-state index contributed by atoms with van der Waals surface area (Å²) in [7, 11) is 0. The largest absolute Gasteiger partial charge is 0.346 e. The number of carbonyl (C=O) groups excluding carboxylic acids is 3. The number of imide groups is 2. The first-order valence-electron chi connectivity index (χ1n) is 10.2. The first-order valence-corrected chi connectivity index (χ1v) is 10.6. The molecule has 0 radical (unpaired) electrons. The topological polar surface area (TPSA) is 71.4 Å². The lowest BCUT2D eigenvalue weighted by molar-refractivity contribution is -0.122. The van der Waals surface area contributed by atoms with Gasteiger partial charge in [-0.15, -0.1) is 0 Å². The monoisotopic (exact) mass is 425 g/mol. The van der Waals surface area contributed by atoms with Crippen molar-refractivity contribution in [3.8, 4) is 0 Å². The van der Waals surface area contributed by atoms with E-state index in [9.17, 15) is 14.4 Å². The van der Waals surface area contributed by atoms with Gasteiger partial charge in [-0.3, -0.25) is 14.9 Å². The zero-order valence-corrected chi connectivity index (χ0v) is 17.8. The van der Waals surface area contributed by atoms with Gasteiger partial charge >= 0.3 is 6.03 Å². The molecule has 1 aliphatic carbocycles. The first-order chi connectivity index (χ1) is 14.4. The minimum atomic E-state index is -0.767. The van der Waals surface area contributed by atoms with Crippen molar-refractivity contribution in [1.82, 2.24) is 9.88 Å². The molecule has 2 heterocycles. The number of carbonyl (C=O) groups is 3. The molecule has 1 N–H and O–H groups in total. The highest BCUT2D eigenvalue weighted by atomic mass is 35.5. The predicted octanol–water partition coefficient (Wildman–Crippen LogP) is 4.93. The van der Waals surface area contributed by atoms with Crippen LogP contribution in [0.3, 0.4) is 0 Å². The van der Waals surface area contributed by atoms with Gasteiger partial charge in [0.2, 0.25) is 0 Å². The number of hydrogen-bond acceptors (Lipinski definition) is 3. The molecule has 0 unspecified atom stereocenters. The number of halogens is 1. The van der Waals surface area contributed by atoms with E-state index < -0.39 is 17.8 Å². The summed E-state index contributed by atoms with van der Waals surface area (Å²) >= 11 is 5.91. The number of anilines is 1. The quantitative estimate of drug-likeness (QED) is 0.559. The maximum Gasteiger partial charge on any atom is 0.335 e. The average molecular weight is 426 g/mol. The van der Waals surface area contributed by atoms with Crippen LogP contribution in [-0.2, 0) is 9.59 Å². The van der Waals surface area contributed by atoms with Gasteiger partial charge in [0.15, 0.2) is 0 Å². The third kappa shape index (κ3) is 3.67. The maximum absolute atomic E-state index is 13.1. The number of nitrogens with one attached hydrogen (secondary N) is 1. The van der Waals surface area contributed by atoms with E-state index in [-0.39, 0.29) is 5.57 Å². The second-order valence-corrected chi connectivity index (χ2v) is 8.36. The number of aryl methyl sites for hydroxylation is 1.